The lowest BCUT2D eigenvalue weighted by molar-refractivity contribution is -0.159. The fraction of sp³-hybridized carbons (Fsp3) is 0.625. The first-order valence-corrected chi connectivity index (χ1v) is 8.59. The second-order valence-corrected chi connectivity index (χ2v) is 6.27. The molecule has 0 spiro atoms. The second kappa shape index (κ2) is 7.72. The van der Waals surface area contributed by atoms with Crippen LogP contribution in [0.1, 0.15) is 49.5 Å². The largest absolute Gasteiger partial charge is 0.462 e. The lowest BCUT2D eigenvalue weighted by Crippen LogP contribution is -2.37. The minimum atomic E-state index is -0.952. The molecule has 0 radical (unpaired) electrons. The molecule has 3 heterocycles. The van der Waals surface area contributed by atoms with E-state index in [1.807, 2.05) is 0 Å². The highest BCUT2D eigenvalue weighted by Gasteiger charge is 2.40. The van der Waals surface area contributed by atoms with E-state index in [1.165, 1.54) is 9.80 Å². The van der Waals surface area contributed by atoms with Crippen molar-refractivity contribution < 1.29 is 33.1 Å². The van der Waals surface area contributed by atoms with Gasteiger partial charge in [-0.25, -0.2) is 9.59 Å². The fourth-order valence-corrected chi connectivity index (χ4v) is 3.46. The molecule has 0 saturated carbocycles. The summed E-state index contributed by atoms with van der Waals surface area (Å²) >= 11 is 0. The van der Waals surface area contributed by atoms with E-state index in [0.29, 0.717) is 38.8 Å². The lowest BCUT2D eigenvalue weighted by atomic mass is 10.2. The molecule has 11 nitrogen and oxygen atoms in total. The van der Waals surface area contributed by atoms with Crippen LogP contribution in [0.4, 0.5) is 0 Å². The normalized spacial score (nSPS) is 22.0. The van der Waals surface area contributed by atoms with Gasteiger partial charge < -0.3 is 23.7 Å². The highest BCUT2D eigenvalue weighted by Crippen LogP contribution is 2.35. The summed E-state index contributed by atoms with van der Waals surface area (Å²) in [6, 6.07) is -1.05. The number of rotatable bonds is 2. The van der Waals surface area contributed by atoms with E-state index in [9.17, 15) is 19.2 Å². The summed E-state index contributed by atoms with van der Waals surface area (Å²) in [5.41, 5.74) is 0. The van der Waals surface area contributed by atoms with E-state index >= 15 is 0 Å². The van der Waals surface area contributed by atoms with Gasteiger partial charge in [0, 0.05) is 13.1 Å². The van der Waals surface area contributed by atoms with Crippen LogP contribution in [0.2, 0.25) is 0 Å². The van der Waals surface area contributed by atoms with E-state index in [4.69, 9.17) is 4.42 Å². The number of aromatic nitrogens is 2. The Morgan fingerprint density at radius 2 is 1.26 bits per heavy atom. The van der Waals surface area contributed by atoms with Gasteiger partial charge >= 0.3 is 23.8 Å². The summed E-state index contributed by atoms with van der Waals surface area (Å²) in [5.74, 6) is -3.04. The van der Waals surface area contributed by atoms with Crippen molar-refractivity contribution in [2.24, 2.45) is 0 Å². The van der Waals surface area contributed by atoms with Gasteiger partial charge in [0.15, 0.2) is 0 Å². The van der Waals surface area contributed by atoms with E-state index in [1.54, 1.807) is 0 Å². The highest BCUT2D eigenvalue weighted by atomic mass is 16.5. The predicted molar refractivity (Wildman–Crippen MR) is 85.7 cm³/mol. The molecule has 2 saturated heterocycles. The van der Waals surface area contributed by atoms with Gasteiger partial charge in [-0.05, 0) is 25.7 Å². The Morgan fingerprint density at radius 3 is 1.63 bits per heavy atom. The molecule has 0 unspecified atom stereocenters. The van der Waals surface area contributed by atoms with Crippen LogP contribution in [0.3, 0.4) is 0 Å². The topological polar surface area (TPSA) is 132 Å². The first-order chi connectivity index (χ1) is 13.0. The molecule has 2 aliphatic heterocycles. The van der Waals surface area contributed by atoms with E-state index in [0.717, 1.165) is 14.2 Å². The predicted octanol–water partition coefficient (Wildman–Crippen LogP) is -0.257. The summed E-state index contributed by atoms with van der Waals surface area (Å²) in [5, 5.41) is 8.01. The van der Waals surface area contributed by atoms with Crippen LogP contribution in [0.25, 0.3) is 0 Å². The first kappa shape index (κ1) is 18.8. The molecule has 0 aromatic carbocycles. The minimum Gasteiger partial charge on any atom is -0.462 e. The molecule has 1 aromatic heterocycles. The molecule has 11 heteroatoms. The maximum Gasteiger partial charge on any atom is 0.396 e. The van der Waals surface area contributed by atoms with Crippen LogP contribution in [0, 0.1) is 0 Å². The molecule has 146 valence electrons. The monoisotopic (exact) mass is 380 g/mol. The van der Waals surface area contributed by atoms with Gasteiger partial charge in [-0.2, -0.15) is 0 Å². The molecular formula is C16H20N4O7. The van der Waals surface area contributed by atoms with Crippen LogP contribution in [-0.4, -0.2) is 71.1 Å². The number of nitrogens with zero attached hydrogens (tertiary/aromatic N) is 4. The zero-order valence-corrected chi connectivity index (χ0v) is 15.0. The number of ether oxygens (including phenoxy) is 2. The molecule has 2 aliphatic rings. The van der Waals surface area contributed by atoms with Gasteiger partial charge in [0.25, 0.3) is 0 Å². The molecule has 1 aromatic rings. The average Bonchev–Trinajstić information content (AvgIpc) is 3.43. The zero-order chi connectivity index (χ0) is 19.6. The number of esters is 2. The summed E-state index contributed by atoms with van der Waals surface area (Å²) in [6.45, 7) is 0.763. The van der Waals surface area contributed by atoms with Crippen molar-refractivity contribution in [3.63, 3.8) is 0 Å². The third-order valence-corrected chi connectivity index (χ3v) is 4.77. The van der Waals surface area contributed by atoms with Gasteiger partial charge in [0.05, 0.1) is 14.2 Å². The fourth-order valence-electron chi connectivity index (χ4n) is 3.46. The summed E-state index contributed by atoms with van der Waals surface area (Å²) in [4.78, 5) is 50.0. The van der Waals surface area contributed by atoms with Crippen molar-refractivity contribution in [3.05, 3.63) is 11.8 Å². The minimum absolute atomic E-state index is 0.192. The van der Waals surface area contributed by atoms with Crippen LogP contribution in [0.5, 0.6) is 0 Å². The number of methoxy groups -OCH3 is 2. The third kappa shape index (κ3) is 3.49. The third-order valence-electron chi connectivity index (χ3n) is 4.77. The highest BCUT2D eigenvalue weighted by molar-refractivity contribution is 6.32. The Morgan fingerprint density at radius 1 is 0.852 bits per heavy atom. The van der Waals surface area contributed by atoms with Crippen molar-refractivity contribution in [3.8, 4) is 0 Å². The Kier molecular flexibility index (Phi) is 5.38. The lowest BCUT2D eigenvalue weighted by Gasteiger charge is -2.21. The van der Waals surface area contributed by atoms with Crippen molar-refractivity contribution in [1.29, 1.82) is 0 Å². The summed E-state index contributed by atoms with van der Waals surface area (Å²) in [6.07, 6.45) is 2.50. The summed E-state index contributed by atoms with van der Waals surface area (Å²) < 4.78 is 14.7. The maximum absolute atomic E-state index is 12.1. The molecule has 3 rings (SSSR count). The Hall–Kier alpha value is -2.98. The quantitative estimate of drug-likeness (QED) is 0.503. The average molecular weight is 380 g/mol. The molecule has 2 fully saturated rings. The number of carbonyl (C=O) groups is 4. The smallest absolute Gasteiger partial charge is 0.396 e. The van der Waals surface area contributed by atoms with Crippen molar-refractivity contribution >= 4 is 23.8 Å². The summed E-state index contributed by atoms with van der Waals surface area (Å²) in [7, 11) is 2.28. The molecular weight excluding hydrogens is 360 g/mol. The molecule has 0 aliphatic carbocycles. The van der Waals surface area contributed by atoms with Crippen LogP contribution in [0.15, 0.2) is 4.42 Å². The number of likely N-dealkylation sites (tertiary alicyclic amines) is 2. The van der Waals surface area contributed by atoms with E-state index in [2.05, 4.69) is 19.7 Å². The van der Waals surface area contributed by atoms with Crippen LogP contribution >= 0.6 is 0 Å². The van der Waals surface area contributed by atoms with E-state index in [-0.39, 0.29) is 11.8 Å². The van der Waals surface area contributed by atoms with Crippen molar-refractivity contribution in [2.45, 2.75) is 37.8 Å². The van der Waals surface area contributed by atoms with Gasteiger partial charge in [-0.3, -0.25) is 9.59 Å². The standard InChI is InChI=1S/C16H20N4O7/c1-25-15(23)13(21)19-7-3-5-9(19)11-17-18-12(27-11)10-6-4-8-20(10)14(22)16(24)26-2/h9-10H,3-8H2,1-2H3/t9-,10-/m0/s1. The molecule has 2 amide bonds. The van der Waals surface area contributed by atoms with E-state index < -0.39 is 35.8 Å². The van der Waals surface area contributed by atoms with Crippen molar-refractivity contribution in [1.82, 2.24) is 20.0 Å². The maximum atomic E-state index is 12.1. The van der Waals surface area contributed by atoms with Gasteiger partial charge in [-0.15, -0.1) is 10.2 Å². The molecule has 2 atom stereocenters. The number of hydrogen-bond acceptors (Lipinski definition) is 9. The zero-order valence-electron chi connectivity index (χ0n) is 15.0. The van der Waals surface area contributed by atoms with Gasteiger partial charge in [-0.1, -0.05) is 0 Å². The molecule has 0 N–H and O–H groups in total. The SMILES string of the molecule is COC(=O)C(=O)N1CCC[C@H]1c1nnc([C@@H]2CCCN2C(=O)C(=O)OC)o1. The Bertz CT molecular complexity index is 701. The number of carbonyl (C=O) groups excluding carboxylic acids is 4. The number of hydrogen-bond donors (Lipinski definition) is 0. The van der Waals surface area contributed by atoms with Crippen molar-refractivity contribution in [2.75, 3.05) is 27.3 Å². The van der Waals surface area contributed by atoms with Crippen LogP contribution in [-0.2, 0) is 28.7 Å². The second-order valence-electron chi connectivity index (χ2n) is 6.27. The molecule has 0 bridgehead atoms. The Balaban J connectivity index is 1.78. The Labute approximate surface area is 154 Å². The van der Waals surface area contributed by atoms with Gasteiger partial charge in [0.2, 0.25) is 11.8 Å². The first-order valence-electron chi connectivity index (χ1n) is 8.59. The van der Waals surface area contributed by atoms with Gasteiger partial charge in [0.1, 0.15) is 12.1 Å². The molecule has 27 heavy (non-hydrogen) atoms. The van der Waals surface area contributed by atoms with Crippen LogP contribution < -0.4 is 0 Å². The number of amides is 2.